The third-order valence-electron chi connectivity index (χ3n) is 4.84. The minimum atomic E-state index is -0.187. The topological polar surface area (TPSA) is 84.2 Å². The molecule has 0 aliphatic carbocycles. The number of rotatable bonds is 9. The molecule has 0 radical (unpaired) electrons. The van der Waals surface area contributed by atoms with Crippen molar-refractivity contribution in [3.8, 4) is 11.3 Å². The van der Waals surface area contributed by atoms with Crippen molar-refractivity contribution in [2.75, 3.05) is 5.32 Å². The van der Waals surface area contributed by atoms with E-state index in [-0.39, 0.29) is 17.9 Å². The Morgan fingerprint density at radius 3 is 2.57 bits per heavy atom. The molecule has 1 aromatic heterocycles. The Labute approximate surface area is 176 Å². The van der Waals surface area contributed by atoms with E-state index in [0.717, 1.165) is 17.7 Å². The van der Waals surface area contributed by atoms with Gasteiger partial charge in [0.05, 0.1) is 17.4 Å². The molecule has 0 bridgehead atoms. The van der Waals surface area contributed by atoms with Gasteiger partial charge in [-0.3, -0.25) is 9.59 Å². The normalized spacial score (nSPS) is 11.7. The summed E-state index contributed by atoms with van der Waals surface area (Å²) in [5.41, 5.74) is 1.96. The third kappa shape index (κ3) is 5.80. The molecule has 156 valence electrons. The average Bonchev–Trinajstić information content (AvgIpc) is 3.23. The zero-order chi connectivity index (χ0) is 21.3. The van der Waals surface area contributed by atoms with Gasteiger partial charge in [-0.15, -0.1) is 0 Å². The van der Waals surface area contributed by atoms with E-state index < -0.39 is 0 Å². The Balaban J connectivity index is 1.52. The summed E-state index contributed by atoms with van der Waals surface area (Å²) in [4.78, 5) is 29.1. The summed E-state index contributed by atoms with van der Waals surface area (Å²) in [6.07, 6.45) is 4.02. The highest BCUT2D eigenvalue weighted by Crippen LogP contribution is 2.21. The van der Waals surface area contributed by atoms with Crippen molar-refractivity contribution in [2.45, 2.75) is 45.6 Å². The first-order chi connectivity index (χ1) is 14.6. The number of amides is 2. The molecule has 2 N–H and O–H groups in total. The summed E-state index contributed by atoms with van der Waals surface area (Å²) in [5, 5.41) is 5.78. The molecule has 1 atom stereocenters. The van der Waals surface area contributed by atoms with Crippen LogP contribution in [0, 0.1) is 0 Å². The van der Waals surface area contributed by atoms with Gasteiger partial charge in [-0.25, -0.2) is 4.98 Å². The Kier molecular flexibility index (Phi) is 7.38. The summed E-state index contributed by atoms with van der Waals surface area (Å²) < 4.78 is 5.77. The van der Waals surface area contributed by atoms with Crippen molar-refractivity contribution in [1.82, 2.24) is 10.3 Å². The highest BCUT2D eigenvalue weighted by molar-refractivity contribution is 6.03. The van der Waals surface area contributed by atoms with Crippen molar-refractivity contribution in [2.24, 2.45) is 0 Å². The monoisotopic (exact) mass is 405 g/mol. The van der Waals surface area contributed by atoms with Crippen molar-refractivity contribution >= 4 is 17.5 Å². The van der Waals surface area contributed by atoms with Crippen molar-refractivity contribution in [3.05, 3.63) is 72.2 Å². The molecule has 0 saturated heterocycles. The van der Waals surface area contributed by atoms with Crippen molar-refractivity contribution in [3.63, 3.8) is 0 Å². The lowest BCUT2D eigenvalue weighted by atomic mass is 10.1. The van der Waals surface area contributed by atoms with Gasteiger partial charge in [0.15, 0.2) is 11.7 Å². The predicted molar refractivity (Wildman–Crippen MR) is 117 cm³/mol. The van der Waals surface area contributed by atoms with Crippen LogP contribution in [-0.4, -0.2) is 22.8 Å². The number of aromatic nitrogens is 1. The first kappa shape index (κ1) is 21.3. The number of carbonyl (C=O) groups is 2. The fourth-order valence-electron chi connectivity index (χ4n) is 2.97. The van der Waals surface area contributed by atoms with Crippen LogP contribution in [0.1, 0.15) is 49.4 Å². The van der Waals surface area contributed by atoms with Gasteiger partial charge in [-0.2, -0.15) is 0 Å². The highest BCUT2D eigenvalue weighted by Gasteiger charge is 2.15. The number of nitrogens with zero attached hydrogens (tertiary/aromatic N) is 1. The molecule has 0 saturated carbocycles. The van der Waals surface area contributed by atoms with Crippen LogP contribution in [0.3, 0.4) is 0 Å². The van der Waals surface area contributed by atoms with E-state index in [9.17, 15) is 9.59 Å². The van der Waals surface area contributed by atoms with E-state index in [1.807, 2.05) is 44.2 Å². The number of hydrogen-bond donors (Lipinski definition) is 2. The van der Waals surface area contributed by atoms with Gasteiger partial charge in [0.2, 0.25) is 5.91 Å². The Hall–Kier alpha value is -3.41. The lowest BCUT2D eigenvalue weighted by Crippen LogP contribution is -2.32. The van der Waals surface area contributed by atoms with Crippen LogP contribution in [0.2, 0.25) is 0 Å². The Bertz CT molecular complexity index is 982. The van der Waals surface area contributed by atoms with E-state index in [2.05, 4.69) is 15.6 Å². The maximum atomic E-state index is 12.5. The minimum Gasteiger partial charge on any atom is -0.441 e. The summed E-state index contributed by atoms with van der Waals surface area (Å²) in [6.45, 7) is 3.96. The second-order valence-electron chi connectivity index (χ2n) is 7.21. The van der Waals surface area contributed by atoms with Crippen LogP contribution in [0.25, 0.3) is 11.3 Å². The third-order valence-corrected chi connectivity index (χ3v) is 4.84. The minimum absolute atomic E-state index is 0.0721. The summed E-state index contributed by atoms with van der Waals surface area (Å²) in [7, 11) is 0. The van der Waals surface area contributed by atoms with Gasteiger partial charge in [0.1, 0.15) is 0 Å². The molecule has 6 nitrogen and oxygen atoms in total. The predicted octanol–water partition coefficient (Wildman–Crippen LogP) is 4.83. The highest BCUT2D eigenvalue weighted by atomic mass is 16.4. The zero-order valence-electron chi connectivity index (χ0n) is 17.4. The van der Waals surface area contributed by atoms with Gasteiger partial charge < -0.3 is 15.1 Å². The zero-order valence-corrected chi connectivity index (χ0v) is 17.4. The second kappa shape index (κ2) is 10.4. The molecule has 1 heterocycles. The number of anilines is 1. The number of para-hydroxylation sites is 1. The number of nitrogens with one attached hydrogen (secondary N) is 2. The van der Waals surface area contributed by atoms with E-state index >= 15 is 0 Å². The maximum absolute atomic E-state index is 12.5. The Morgan fingerprint density at radius 2 is 1.80 bits per heavy atom. The molecule has 2 amide bonds. The molecule has 30 heavy (non-hydrogen) atoms. The Morgan fingerprint density at radius 1 is 1.07 bits per heavy atom. The van der Waals surface area contributed by atoms with Gasteiger partial charge in [0.25, 0.3) is 5.91 Å². The molecule has 2 aromatic carbocycles. The number of hydrogen-bond acceptors (Lipinski definition) is 4. The van der Waals surface area contributed by atoms with E-state index in [4.69, 9.17) is 4.42 Å². The molecule has 3 aromatic rings. The second-order valence-corrected chi connectivity index (χ2v) is 7.21. The molecule has 0 fully saturated rings. The van der Waals surface area contributed by atoms with E-state index in [0.29, 0.717) is 36.4 Å². The molecule has 0 aliphatic rings. The van der Waals surface area contributed by atoms with Crippen LogP contribution in [-0.2, 0) is 11.2 Å². The standard InChI is InChI=1S/C24H27N3O3/c1-3-17(2)26-24(29)19-12-7-8-13-20(19)27-22(28)14-9-15-23-25-16-21(30-23)18-10-5-4-6-11-18/h4-8,10-13,16-17H,3,9,14-15H2,1-2H3,(H,26,29)(H,27,28). The molecule has 0 aliphatic heterocycles. The van der Waals surface area contributed by atoms with Gasteiger partial charge in [-0.05, 0) is 31.9 Å². The van der Waals surface area contributed by atoms with Crippen LogP contribution in [0.15, 0.2) is 65.2 Å². The first-order valence-electron chi connectivity index (χ1n) is 10.3. The fourth-order valence-corrected chi connectivity index (χ4v) is 2.97. The molecule has 3 rings (SSSR count). The van der Waals surface area contributed by atoms with E-state index in [1.165, 1.54) is 0 Å². The molecule has 1 unspecified atom stereocenters. The van der Waals surface area contributed by atoms with E-state index in [1.54, 1.807) is 30.5 Å². The van der Waals surface area contributed by atoms with Crippen LogP contribution >= 0.6 is 0 Å². The van der Waals surface area contributed by atoms with Crippen molar-refractivity contribution in [1.29, 1.82) is 0 Å². The molecule has 6 heteroatoms. The van der Waals surface area contributed by atoms with Gasteiger partial charge >= 0.3 is 0 Å². The summed E-state index contributed by atoms with van der Waals surface area (Å²) in [5.74, 6) is 0.994. The molecule has 0 spiro atoms. The fraction of sp³-hybridized carbons (Fsp3) is 0.292. The lowest BCUT2D eigenvalue weighted by molar-refractivity contribution is -0.116. The first-order valence-corrected chi connectivity index (χ1v) is 10.3. The van der Waals surface area contributed by atoms with Crippen LogP contribution < -0.4 is 10.6 Å². The van der Waals surface area contributed by atoms with Crippen molar-refractivity contribution < 1.29 is 14.0 Å². The smallest absolute Gasteiger partial charge is 0.253 e. The summed E-state index contributed by atoms with van der Waals surface area (Å²) in [6, 6.07) is 16.9. The molecular formula is C24H27N3O3. The largest absolute Gasteiger partial charge is 0.441 e. The van der Waals surface area contributed by atoms with Gasteiger partial charge in [0, 0.05) is 24.4 Å². The number of aryl methyl sites for hydroxylation is 1. The quantitative estimate of drug-likeness (QED) is 0.534. The summed E-state index contributed by atoms with van der Waals surface area (Å²) >= 11 is 0. The number of oxazole rings is 1. The van der Waals surface area contributed by atoms with Crippen LogP contribution in [0.5, 0.6) is 0 Å². The number of benzene rings is 2. The SMILES string of the molecule is CCC(C)NC(=O)c1ccccc1NC(=O)CCCc1ncc(-c2ccccc2)o1. The maximum Gasteiger partial charge on any atom is 0.253 e. The van der Waals surface area contributed by atoms with Crippen LogP contribution in [0.4, 0.5) is 5.69 Å². The lowest BCUT2D eigenvalue weighted by Gasteiger charge is -2.14. The van der Waals surface area contributed by atoms with Gasteiger partial charge in [-0.1, -0.05) is 49.4 Å². The number of carbonyl (C=O) groups excluding carboxylic acids is 2. The average molecular weight is 405 g/mol. The molecular weight excluding hydrogens is 378 g/mol.